The largest absolute Gasteiger partial charge is 0.310 e. The zero-order valence-corrected chi connectivity index (χ0v) is 12.6. The number of benzene rings is 1. The molecule has 0 amide bonds. The Bertz CT molecular complexity index is 338. The van der Waals surface area contributed by atoms with E-state index in [4.69, 9.17) is 11.6 Å². The van der Waals surface area contributed by atoms with Crippen molar-refractivity contribution in [1.29, 1.82) is 0 Å². The first-order valence-corrected chi connectivity index (χ1v) is 7.54. The molecule has 2 atom stereocenters. The smallest absolute Gasteiger partial charge is 0.0409 e. The third kappa shape index (κ3) is 5.41. The maximum Gasteiger partial charge on any atom is 0.0409 e. The minimum Gasteiger partial charge on any atom is -0.310 e. The zero-order valence-electron chi connectivity index (χ0n) is 11.9. The monoisotopic (exact) mass is 267 g/mol. The molecule has 1 rings (SSSR count). The number of nitrogens with one attached hydrogen (secondary N) is 1. The first-order valence-electron chi connectivity index (χ1n) is 7.16. The Labute approximate surface area is 117 Å². The molecule has 1 nitrogen and oxygen atoms in total. The van der Waals surface area contributed by atoms with Crippen LogP contribution < -0.4 is 5.32 Å². The van der Waals surface area contributed by atoms with E-state index in [0.717, 1.165) is 17.5 Å². The number of rotatable bonds is 8. The molecule has 102 valence electrons. The normalized spacial score (nSPS) is 14.4. The first-order chi connectivity index (χ1) is 8.67. The van der Waals surface area contributed by atoms with E-state index in [9.17, 15) is 0 Å². The lowest BCUT2D eigenvalue weighted by atomic mass is 9.98. The van der Waals surface area contributed by atoms with E-state index in [1.807, 2.05) is 18.2 Å². The Kier molecular flexibility index (Phi) is 7.38. The molecular formula is C16H26ClN. The van der Waals surface area contributed by atoms with Crippen molar-refractivity contribution >= 4 is 11.6 Å². The molecule has 0 aliphatic carbocycles. The SMILES string of the molecule is CCCCC(CC)CN[C@@H](C)c1cccc(Cl)c1. The van der Waals surface area contributed by atoms with Crippen LogP contribution in [0.25, 0.3) is 0 Å². The van der Waals surface area contributed by atoms with Gasteiger partial charge in [-0.15, -0.1) is 0 Å². The van der Waals surface area contributed by atoms with Gasteiger partial charge in [0.05, 0.1) is 0 Å². The van der Waals surface area contributed by atoms with Gasteiger partial charge in [-0.3, -0.25) is 0 Å². The molecule has 0 spiro atoms. The molecule has 1 aromatic carbocycles. The van der Waals surface area contributed by atoms with E-state index in [-0.39, 0.29) is 0 Å². The highest BCUT2D eigenvalue weighted by Gasteiger charge is 2.09. The summed E-state index contributed by atoms with van der Waals surface area (Å²) in [5.41, 5.74) is 1.27. The highest BCUT2D eigenvalue weighted by molar-refractivity contribution is 6.30. The van der Waals surface area contributed by atoms with Gasteiger partial charge in [0.25, 0.3) is 0 Å². The Morgan fingerprint density at radius 1 is 1.28 bits per heavy atom. The van der Waals surface area contributed by atoms with Gasteiger partial charge in [-0.1, -0.05) is 56.8 Å². The predicted molar refractivity (Wildman–Crippen MR) is 81.2 cm³/mol. The minimum atomic E-state index is 0.374. The summed E-state index contributed by atoms with van der Waals surface area (Å²) in [6.07, 6.45) is 5.23. The van der Waals surface area contributed by atoms with Crippen molar-refractivity contribution in [2.45, 2.75) is 52.5 Å². The molecule has 0 aliphatic rings. The number of halogens is 1. The van der Waals surface area contributed by atoms with Gasteiger partial charge in [-0.2, -0.15) is 0 Å². The standard InChI is InChI=1S/C16H26ClN/c1-4-6-8-14(5-2)12-18-13(3)15-9-7-10-16(17)11-15/h7,9-11,13-14,18H,4-6,8,12H2,1-3H3/t13-,14?/m0/s1. The van der Waals surface area contributed by atoms with Gasteiger partial charge in [-0.05, 0) is 43.5 Å². The van der Waals surface area contributed by atoms with Crippen molar-refractivity contribution in [3.8, 4) is 0 Å². The van der Waals surface area contributed by atoms with Crippen molar-refractivity contribution in [2.75, 3.05) is 6.54 Å². The summed E-state index contributed by atoms with van der Waals surface area (Å²) < 4.78 is 0. The van der Waals surface area contributed by atoms with E-state index in [0.29, 0.717) is 6.04 Å². The molecule has 18 heavy (non-hydrogen) atoms. The molecule has 0 heterocycles. The van der Waals surface area contributed by atoms with E-state index in [1.54, 1.807) is 0 Å². The molecule has 0 radical (unpaired) electrons. The zero-order chi connectivity index (χ0) is 13.4. The summed E-state index contributed by atoms with van der Waals surface area (Å²) in [6, 6.07) is 8.50. The summed E-state index contributed by atoms with van der Waals surface area (Å²) in [4.78, 5) is 0. The molecule has 1 aromatic rings. The van der Waals surface area contributed by atoms with Crippen molar-refractivity contribution in [3.63, 3.8) is 0 Å². The van der Waals surface area contributed by atoms with Crippen molar-refractivity contribution in [2.24, 2.45) is 5.92 Å². The fourth-order valence-electron chi connectivity index (χ4n) is 2.18. The van der Waals surface area contributed by atoms with Crippen LogP contribution in [0, 0.1) is 5.92 Å². The predicted octanol–water partition coefficient (Wildman–Crippen LogP) is 5.21. The van der Waals surface area contributed by atoms with Gasteiger partial charge < -0.3 is 5.32 Å². The Balaban J connectivity index is 2.42. The summed E-state index contributed by atoms with van der Waals surface area (Å²) in [5, 5.41) is 4.45. The molecule has 0 aromatic heterocycles. The number of unbranched alkanes of at least 4 members (excludes halogenated alkanes) is 1. The van der Waals surface area contributed by atoms with Crippen LogP contribution in [-0.4, -0.2) is 6.54 Å². The van der Waals surface area contributed by atoms with Gasteiger partial charge in [0.15, 0.2) is 0 Å². The fraction of sp³-hybridized carbons (Fsp3) is 0.625. The summed E-state index contributed by atoms with van der Waals surface area (Å²) in [7, 11) is 0. The van der Waals surface area contributed by atoms with Gasteiger partial charge in [0, 0.05) is 11.1 Å². The summed E-state index contributed by atoms with van der Waals surface area (Å²) in [6.45, 7) is 7.85. The lowest BCUT2D eigenvalue weighted by Gasteiger charge is -2.20. The average Bonchev–Trinajstić information content (AvgIpc) is 2.38. The lowest BCUT2D eigenvalue weighted by Crippen LogP contribution is -2.25. The van der Waals surface area contributed by atoms with E-state index < -0.39 is 0 Å². The summed E-state index contributed by atoms with van der Waals surface area (Å²) in [5.74, 6) is 0.798. The van der Waals surface area contributed by atoms with Crippen molar-refractivity contribution in [3.05, 3.63) is 34.9 Å². The van der Waals surface area contributed by atoms with Gasteiger partial charge in [0.2, 0.25) is 0 Å². The lowest BCUT2D eigenvalue weighted by molar-refractivity contribution is 0.398. The summed E-state index contributed by atoms with van der Waals surface area (Å²) >= 11 is 6.02. The average molecular weight is 268 g/mol. The topological polar surface area (TPSA) is 12.0 Å². The highest BCUT2D eigenvalue weighted by atomic mass is 35.5. The quantitative estimate of drug-likeness (QED) is 0.682. The van der Waals surface area contributed by atoms with Crippen LogP contribution in [-0.2, 0) is 0 Å². The number of hydrogen-bond acceptors (Lipinski definition) is 1. The highest BCUT2D eigenvalue weighted by Crippen LogP contribution is 2.18. The van der Waals surface area contributed by atoms with Crippen LogP contribution in [0.2, 0.25) is 5.02 Å². The molecule has 0 bridgehead atoms. The van der Waals surface area contributed by atoms with Gasteiger partial charge in [-0.25, -0.2) is 0 Å². The Hall–Kier alpha value is -0.530. The molecule has 2 heteroatoms. The van der Waals surface area contributed by atoms with Gasteiger partial charge >= 0.3 is 0 Å². The van der Waals surface area contributed by atoms with Crippen LogP contribution in [0.5, 0.6) is 0 Å². The second kappa shape index (κ2) is 8.55. The fourth-order valence-corrected chi connectivity index (χ4v) is 2.38. The third-order valence-electron chi connectivity index (χ3n) is 3.60. The second-order valence-corrected chi connectivity index (χ2v) is 5.54. The Morgan fingerprint density at radius 2 is 2.06 bits per heavy atom. The van der Waals surface area contributed by atoms with Crippen LogP contribution in [0.15, 0.2) is 24.3 Å². The van der Waals surface area contributed by atoms with Crippen LogP contribution in [0.4, 0.5) is 0 Å². The maximum absolute atomic E-state index is 6.02. The van der Waals surface area contributed by atoms with Crippen LogP contribution >= 0.6 is 11.6 Å². The molecule has 0 saturated carbocycles. The molecule has 0 fully saturated rings. The van der Waals surface area contributed by atoms with E-state index in [1.165, 1.54) is 31.2 Å². The molecule has 1 unspecified atom stereocenters. The molecular weight excluding hydrogens is 242 g/mol. The van der Waals surface area contributed by atoms with E-state index in [2.05, 4.69) is 32.2 Å². The maximum atomic E-state index is 6.02. The van der Waals surface area contributed by atoms with E-state index >= 15 is 0 Å². The van der Waals surface area contributed by atoms with Crippen LogP contribution in [0.3, 0.4) is 0 Å². The van der Waals surface area contributed by atoms with Crippen LogP contribution in [0.1, 0.15) is 58.1 Å². The molecule has 0 saturated heterocycles. The minimum absolute atomic E-state index is 0.374. The number of hydrogen-bond donors (Lipinski definition) is 1. The van der Waals surface area contributed by atoms with Crippen molar-refractivity contribution < 1.29 is 0 Å². The second-order valence-electron chi connectivity index (χ2n) is 5.10. The first kappa shape index (κ1) is 15.5. The molecule has 0 aliphatic heterocycles. The Morgan fingerprint density at radius 3 is 2.67 bits per heavy atom. The van der Waals surface area contributed by atoms with Crippen molar-refractivity contribution in [1.82, 2.24) is 5.32 Å². The van der Waals surface area contributed by atoms with Gasteiger partial charge in [0.1, 0.15) is 0 Å². The molecule has 1 N–H and O–H groups in total. The third-order valence-corrected chi connectivity index (χ3v) is 3.84.